The molecule has 0 aliphatic carbocycles. The molecule has 1 amide bonds. The van der Waals surface area contributed by atoms with Crippen LogP contribution in [0.25, 0.3) is 11.3 Å². The van der Waals surface area contributed by atoms with Gasteiger partial charge >= 0.3 is 0 Å². The molecular weight excluding hydrogens is 412 g/mol. The minimum Gasteiger partial charge on any atom is -0.484 e. The van der Waals surface area contributed by atoms with Gasteiger partial charge in [-0.25, -0.2) is 4.98 Å². The maximum atomic E-state index is 12.1. The molecule has 0 saturated heterocycles. The van der Waals surface area contributed by atoms with Crippen LogP contribution >= 0.6 is 27.3 Å². The van der Waals surface area contributed by atoms with Crippen LogP contribution in [0.15, 0.2) is 46.3 Å². The number of aromatic nitrogens is 1. The maximum absolute atomic E-state index is 12.1. The quantitative estimate of drug-likeness (QED) is 0.579. The molecule has 6 heteroatoms. The number of hydrogen-bond donors (Lipinski definition) is 1. The summed E-state index contributed by atoms with van der Waals surface area (Å²) >= 11 is 4.78. The van der Waals surface area contributed by atoms with Crippen LogP contribution in [0.4, 0.5) is 5.13 Å². The van der Waals surface area contributed by atoms with Crippen molar-refractivity contribution < 1.29 is 9.53 Å². The Morgan fingerprint density at radius 3 is 2.46 bits per heavy atom. The van der Waals surface area contributed by atoms with Gasteiger partial charge in [0.25, 0.3) is 5.91 Å². The number of amides is 1. The molecule has 0 bridgehead atoms. The van der Waals surface area contributed by atoms with Crippen molar-refractivity contribution in [3.8, 4) is 17.0 Å². The van der Waals surface area contributed by atoms with Crippen molar-refractivity contribution in [2.45, 2.75) is 20.8 Å². The van der Waals surface area contributed by atoms with Gasteiger partial charge in [-0.3, -0.25) is 10.1 Å². The molecule has 0 saturated carbocycles. The highest BCUT2D eigenvalue weighted by atomic mass is 79.9. The second-order valence-corrected chi connectivity index (χ2v) is 7.88. The molecule has 0 fully saturated rings. The van der Waals surface area contributed by atoms with Crippen LogP contribution in [0.2, 0.25) is 0 Å². The van der Waals surface area contributed by atoms with E-state index in [-0.39, 0.29) is 12.5 Å². The summed E-state index contributed by atoms with van der Waals surface area (Å²) in [6, 6.07) is 11.6. The molecule has 4 nitrogen and oxygen atoms in total. The van der Waals surface area contributed by atoms with Crippen LogP contribution in [-0.2, 0) is 4.79 Å². The van der Waals surface area contributed by atoms with Gasteiger partial charge in [-0.05, 0) is 56.2 Å². The lowest BCUT2D eigenvalue weighted by molar-refractivity contribution is -0.118. The van der Waals surface area contributed by atoms with E-state index >= 15 is 0 Å². The molecule has 3 aromatic rings. The van der Waals surface area contributed by atoms with Gasteiger partial charge < -0.3 is 4.74 Å². The van der Waals surface area contributed by atoms with Crippen molar-refractivity contribution in [1.82, 2.24) is 4.98 Å². The number of benzene rings is 2. The van der Waals surface area contributed by atoms with Crippen LogP contribution in [0, 0.1) is 20.8 Å². The van der Waals surface area contributed by atoms with Crippen molar-refractivity contribution in [2.75, 3.05) is 11.9 Å². The Hall–Kier alpha value is -2.18. The summed E-state index contributed by atoms with van der Waals surface area (Å²) in [5.74, 6) is 0.417. The molecule has 2 aromatic carbocycles. The molecule has 3 rings (SSSR count). The average molecular weight is 431 g/mol. The van der Waals surface area contributed by atoms with E-state index < -0.39 is 0 Å². The van der Waals surface area contributed by atoms with Crippen LogP contribution in [0.1, 0.15) is 16.7 Å². The van der Waals surface area contributed by atoms with Crippen LogP contribution < -0.4 is 10.1 Å². The van der Waals surface area contributed by atoms with Crippen molar-refractivity contribution in [1.29, 1.82) is 0 Å². The number of ether oxygens (including phenoxy) is 1. The largest absolute Gasteiger partial charge is 0.484 e. The van der Waals surface area contributed by atoms with E-state index in [1.165, 1.54) is 28.0 Å². The first kappa shape index (κ1) is 18.6. The highest BCUT2D eigenvalue weighted by Crippen LogP contribution is 2.31. The van der Waals surface area contributed by atoms with Gasteiger partial charge in [0.1, 0.15) is 5.75 Å². The third-order valence-corrected chi connectivity index (χ3v) is 5.15. The smallest absolute Gasteiger partial charge is 0.264 e. The SMILES string of the molecule is Cc1cc(C)c(-c2csc(NC(=O)COc3ccc(Br)cc3)n2)c(C)c1. The monoisotopic (exact) mass is 430 g/mol. The standard InChI is InChI=1S/C20H19BrN2O2S/c1-12-8-13(2)19(14(3)9-12)17-11-26-20(22-17)23-18(24)10-25-16-6-4-15(21)5-7-16/h4-9,11H,10H2,1-3H3,(H,22,23,24). The zero-order chi connectivity index (χ0) is 18.7. The predicted molar refractivity (Wildman–Crippen MR) is 110 cm³/mol. The lowest BCUT2D eigenvalue weighted by atomic mass is 9.98. The summed E-state index contributed by atoms with van der Waals surface area (Å²) in [6.45, 7) is 6.19. The first-order valence-corrected chi connectivity index (χ1v) is 9.81. The molecule has 0 spiro atoms. The fourth-order valence-corrected chi connectivity index (χ4v) is 3.85. The summed E-state index contributed by atoms with van der Waals surface area (Å²) < 4.78 is 6.45. The van der Waals surface area contributed by atoms with Crippen LogP contribution in [0.5, 0.6) is 5.75 Å². The van der Waals surface area contributed by atoms with Crippen molar-refractivity contribution in [2.24, 2.45) is 0 Å². The number of aryl methyl sites for hydroxylation is 3. The molecule has 26 heavy (non-hydrogen) atoms. The molecule has 0 unspecified atom stereocenters. The molecule has 134 valence electrons. The second kappa shape index (κ2) is 8.01. The summed E-state index contributed by atoms with van der Waals surface area (Å²) in [4.78, 5) is 16.7. The Morgan fingerprint density at radius 1 is 1.15 bits per heavy atom. The van der Waals surface area contributed by atoms with Crippen molar-refractivity contribution >= 4 is 38.3 Å². The third kappa shape index (κ3) is 4.51. The number of carbonyl (C=O) groups is 1. The molecule has 1 N–H and O–H groups in total. The van der Waals surface area contributed by atoms with E-state index in [1.54, 1.807) is 0 Å². The Kier molecular flexibility index (Phi) is 5.74. The van der Waals surface area contributed by atoms with E-state index in [1.807, 2.05) is 29.6 Å². The maximum Gasteiger partial charge on any atom is 0.264 e. The van der Waals surface area contributed by atoms with Gasteiger partial charge in [-0.2, -0.15) is 0 Å². The molecular formula is C20H19BrN2O2S. The number of halogens is 1. The Bertz CT molecular complexity index is 912. The van der Waals surface area contributed by atoms with Gasteiger partial charge in [0.2, 0.25) is 0 Å². The highest BCUT2D eigenvalue weighted by molar-refractivity contribution is 9.10. The molecule has 0 atom stereocenters. The predicted octanol–water partition coefficient (Wildman–Crippen LogP) is 5.52. The number of anilines is 1. The van der Waals surface area contributed by atoms with Crippen LogP contribution in [0.3, 0.4) is 0 Å². The second-order valence-electron chi connectivity index (χ2n) is 6.10. The molecule has 1 heterocycles. The lowest BCUT2D eigenvalue weighted by Crippen LogP contribution is -2.20. The fraction of sp³-hybridized carbons (Fsp3) is 0.200. The Balaban J connectivity index is 1.65. The topological polar surface area (TPSA) is 51.2 Å². The Labute approximate surface area is 165 Å². The van der Waals surface area contributed by atoms with E-state index in [0.717, 1.165) is 15.7 Å². The summed E-state index contributed by atoms with van der Waals surface area (Å²) in [5.41, 5.74) is 5.61. The molecule has 0 radical (unpaired) electrons. The first-order valence-electron chi connectivity index (χ1n) is 8.14. The molecule has 1 aromatic heterocycles. The van der Waals surface area contributed by atoms with Gasteiger partial charge in [-0.1, -0.05) is 33.6 Å². The van der Waals surface area contributed by atoms with Gasteiger partial charge in [0.15, 0.2) is 11.7 Å². The first-order chi connectivity index (χ1) is 12.4. The van der Waals surface area contributed by atoms with E-state index in [9.17, 15) is 4.79 Å². The number of hydrogen-bond acceptors (Lipinski definition) is 4. The Morgan fingerprint density at radius 2 is 1.81 bits per heavy atom. The third-order valence-electron chi connectivity index (χ3n) is 3.87. The summed E-state index contributed by atoms with van der Waals surface area (Å²) in [7, 11) is 0. The number of thiazole rings is 1. The number of nitrogens with zero attached hydrogens (tertiary/aromatic N) is 1. The highest BCUT2D eigenvalue weighted by Gasteiger charge is 2.12. The van der Waals surface area contributed by atoms with Crippen LogP contribution in [-0.4, -0.2) is 17.5 Å². The van der Waals surface area contributed by atoms with Gasteiger partial charge in [0, 0.05) is 15.4 Å². The minimum absolute atomic E-state index is 0.0564. The number of carbonyl (C=O) groups excluding carboxylic acids is 1. The number of nitrogens with one attached hydrogen (secondary N) is 1. The zero-order valence-corrected chi connectivity index (χ0v) is 17.2. The van der Waals surface area contributed by atoms with Crippen molar-refractivity contribution in [3.05, 3.63) is 62.9 Å². The normalized spacial score (nSPS) is 10.6. The fourth-order valence-electron chi connectivity index (χ4n) is 2.87. The summed E-state index contributed by atoms with van der Waals surface area (Å²) in [5, 5.41) is 5.34. The van der Waals surface area contributed by atoms with E-state index in [4.69, 9.17) is 4.74 Å². The van der Waals surface area contributed by atoms with Gasteiger partial charge in [0.05, 0.1) is 5.69 Å². The van der Waals surface area contributed by atoms with E-state index in [0.29, 0.717) is 10.9 Å². The lowest BCUT2D eigenvalue weighted by Gasteiger charge is -2.09. The summed E-state index contributed by atoms with van der Waals surface area (Å²) in [6.07, 6.45) is 0. The average Bonchev–Trinajstić information content (AvgIpc) is 3.01. The minimum atomic E-state index is -0.230. The zero-order valence-electron chi connectivity index (χ0n) is 14.8. The molecule has 0 aliphatic rings. The van der Waals surface area contributed by atoms with Crippen molar-refractivity contribution in [3.63, 3.8) is 0 Å². The molecule has 0 aliphatic heterocycles. The van der Waals surface area contributed by atoms with Gasteiger partial charge in [-0.15, -0.1) is 11.3 Å². The van der Waals surface area contributed by atoms with E-state index in [2.05, 4.69) is 59.1 Å². The number of rotatable bonds is 5.